The van der Waals surface area contributed by atoms with Crippen LogP contribution in [0.3, 0.4) is 0 Å². The van der Waals surface area contributed by atoms with Crippen molar-refractivity contribution in [2.75, 3.05) is 10.0 Å². The van der Waals surface area contributed by atoms with E-state index in [0.717, 1.165) is 0 Å². The molecule has 3 aromatic carbocycles. The fourth-order valence-electron chi connectivity index (χ4n) is 2.52. The van der Waals surface area contributed by atoms with E-state index < -0.39 is 10.0 Å². The summed E-state index contributed by atoms with van der Waals surface area (Å²) in [6.45, 7) is 1.70. The Labute approximate surface area is 183 Å². The molecule has 1 amide bonds. The van der Waals surface area contributed by atoms with Crippen LogP contribution in [0.4, 0.5) is 11.4 Å². The fourth-order valence-corrected chi connectivity index (χ4v) is 4.19. The molecule has 0 atom stereocenters. The van der Waals surface area contributed by atoms with Gasteiger partial charge in [0.1, 0.15) is 0 Å². The molecule has 0 aliphatic rings. The third-order valence-electron chi connectivity index (χ3n) is 4.04. The van der Waals surface area contributed by atoms with E-state index >= 15 is 0 Å². The maximum atomic E-state index is 12.7. The van der Waals surface area contributed by atoms with Crippen molar-refractivity contribution in [3.63, 3.8) is 0 Å². The van der Waals surface area contributed by atoms with Gasteiger partial charge < -0.3 is 5.32 Å². The van der Waals surface area contributed by atoms with E-state index in [1.165, 1.54) is 30.3 Å². The normalized spacial score (nSPS) is 11.2. The molecule has 3 aromatic rings. The van der Waals surface area contributed by atoms with E-state index in [9.17, 15) is 13.2 Å². The second-order valence-electron chi connectivity index (χ2n) is 6.17. The molecule has 29 heavy (non-hydrogen) atoms. The second-order valence-corrected chi connectivity index (χ2v) is 9.13. The van der Waals surface area contributed by atoms with Crippen LogP contribution in [0.1, 0.15) is 15.9 Å². The Morgan fingerprint density at radius 2 is 1.48 bits per heavy atom. The van der Waals surface area contributed by atoms with E-state index in [4.69, 9.17) is 34.8 Å². The zero-order chi connectivity index (χ0) is 21.2. The van der Waals surface area contributed by atoms with Gasteiger partial charge in [0.05, 0.1) is 15.6 Å². The predicted molar refractivity (Wildman–Crippen MR) is 118 cm³/mol. The summed E-state index contributed by atoms with van der Waals surface area (Å²) >= 11 is 17.8. The molecule has 2 N–H and O–H groups in total. The molecule has 5 nitrogen and oxygen atoms in total. The largest absolute Gasteiger partial charge is 0.322 e. The Bertz CT molecular complexity index is 1180. The average Bonchev–Trinajstić information content (AvgIpc) is 2.66. The summed E-state index contributed by atoms with van der Waals surface area (Å²) in [5.41, 5.74) is 1.68. The molecule has 0 heterocycles. The molecule has 0 saturated carbocycles. The molecule has 0 spiro atoms. The topological polar surface area (TPSA) is 75.3 Å². The van der Waals surface area contributed by atoms with E-state index in [-0.39, 0.29) is 21.5 Å². The first-order chi connectivity index (χ1) is 13.7. The van der Waals surface area contributed by atoms with Crippen LogP contribution >= 0.6 is 34.8 Å². The monoisotopic (exact) mass is 468 g/mol. The quantitative estimate of drug-likeness (QED) is 0.480. The SMILES string of the molecule is Cc1cc(S(=O)(=O)Nc2cc(Cl)ccc2Cl)ccc1NC(=O)c1ccc(Cl)cc1. The molecule has 9 heteroatoms. The molecular formula is C20H15Cl3N2O3S. The summed E-state index contributed by atoms with van der Waals surface area (Å²) in [6.07, 6.45) is 0. The Morgan fingerprint density at radius 1 is 0.828 bits per heavy atom. The van der Waals surface area contributed by atoms with Crippen LogP contribution in [0, 0.1) is 6.92 Å². The lowest BCUT2D eigenvalue weighted by Crippen LogP contribution is -2.15. The number of hydrogen-bond acceptors (Lipinski definition) is 3. The van der Waals surface area contributed by atoms with Gasteiger partial charge in [-0.05, 0) is 73.2 Å². The number of carbonyl (C=O) groups excluding carboxylic acids is 1. The number of nitrogens with one attached hydrogen (secondary N) is 2. The van der Waals surface area contributed by atoms with Crippen LogP contribution in [0.25, 0.3) is 0 Å². The lowest BCUT2D eigenvalue weighted by molar-refractivity contribution is 0.102. The first kappa shape index (κ1) is 21.5. The average molecular weight is 470 g/mol. The number of aryl methyl sites for hydroxylation is 1. The van der Waals surface area contributed by atoms with Crippen molar-refractivity contribution in [3.05, 3.63) is 86.9 Å². The number of amides is 1. The van der Waals surface area contributed by atoms with E-state index in [2.05, 4.69) is 10.0 Å². The van der Waals surface area contributed by atoms with Gasteiger partial charge in [-0.1, -0.05) is 34.8 Å². The third-order valence-corrected chi connectivity index (χ3v) is 6.22. The van der Waals surface area contributed by atoms with Crippen LogP contribution in [-0.2, 0) is 10.0 Å². The highest BCUT2D eigenvalue weighted by Gasteiger charge is 2.18. The molecule has 0 saturated heterocycles. The summed E-state index contributed by atoms with van der Waals surface area (Å²) in [4.78, 5) is 12.4. The number of carbonyl (C=O) groups is 1. The zero-order valence-electron chi connectivity index (χ0n) is 15.0. The van der Waals surface area contributed by atoms with Crippen molar-refractivity contribution in [3.8, 4) is 0 Å². The molecule has 0 bridgehead atoms. The van der Waals surface area contributed by atoms with E-state index in [1.807, 2.05) is 0 Å². The fraction of sp³-hybridized carbons (Fsp3) is 0.0500. The molecule has 0 aromatic heterocycles. The van der Waals surface area contributed by atoms with Crippen LogP contribution in [0.15, 0.2) is 65.6 Å². The molecule has 0 radical (unpaired) electrons. The first-order valence-corrected chi connectivity index (χ1v) is 10.9. The van der Waals surface area contributed by atoms with Crippen molar-refractivity contribution < 1.29 is 13.2 Å². The maximum Gasteiger partial charge on any atom is 0.261 e. The molecule has 0 aliphatic heterocycles. The predicted octanol–water partition coefficient (Wildman–Crippen LogP) is 6.01. The number of anilines is 2. The highest BCUT2D eigenvalue weighted by Crippen LogP contribution is 2.29. The Balaban J connectivity index is 1.82. The van der Waals surface area contributed by atoms with Gasteiger partial charge >= 0.3 is 0 Å². The van der Waals surface area contributed by atoms with Gasteiger partial charge in [0, 0.05) is 21.3 Å². The molecule has 3 rings (SSSR count). The third kappa shape index (κ3) is 5.22. The van der Waals surface area contributed by atoms with Gasteiger partial charge in [-0.2, -0.15) is 0 Å². The van der Waals surface area contributed by atoms with Crippen molar-refractivity contribution in [1.82, 2.24) is 0 Å². The lowest BCUT2D eigenvalue weighted by atomic mass is 10.1. The van der Waals surface area contributed by atoms with Gasteiger partial charge in [0.15, 0.2) is 0 Å². The van der Waals surface area contributed by atoms with Gasteiger partial charge in [0.25, 0.3) is 15.9 Å². The highest BCUT2D eigenvalue weighted by atomic mass is 35.5. The number of rotatable bonds is 5. The van der Waals surface area contributed by atoms with Gasteiger partial charge in [-0.3, -0.25) is 9.52 Å². The van der Waals surface area contributed by atoms with Crippen molar-refractivity contribution >= 4 is 62.1 Å². The Morgan fingerprint density at radius 3 is 2.14 bits per heavy atom. The smallest absolute Gasteiger partial charge is 0.261 e. The Hall–Kier alpha value is -2.25. The van der Waals surface area contributed by atoms with Crippen LogP contribution in [0.5, 0.6) is 0 Å². The molecule has 0 fully saturated rings. The number of benzene rings is 3. The minimum atomic E-state index is -3.90. The van der Waals surface area contributed by atoms with Crippen LogP contribution < -0.4 is 10.0 Å². The number of sulfonamides is 1. The summed E-state index contributed by atoms with van der Waals surface area (Å²) in [5.74, 6) is -0.329. The van der Waals surface area contributed by atoms with Crippen LogP contribution in [-0.4, -0.2) is 14.3 Å². The highest BCUT2D eigenvalue weighted by molar-refractivity contribution is 7.92. The standard InChI is InChI=1S/C20H15Cl3N2O3S/c1-12-10-16(29(27,28)25-19-11-15(22)6-8-17(19)23)7-9-18(12)24-20(26)13-2-4-14(21)5-3-13/h2-11,25H,1H3,(H,24,26). The summed E-state index contributed by atoms with van der Waals surface area (Å²) in [5, 5.41) is 3.86. The number of halogens is 3. The summed E-state index contributed by atoms with van der Waals surface area (Å²) in [7, 11) is -3.90. The van der Waals surface area contributed by atoms with Crippen molar-refractivity contribution in [2.45, 2.75) is 11.8 Å². The second kappa shape index (κ2) is 8.63. The number of hydrogen-bond donors (Lipinski definition) is 2. The molecular weight excluding hydrogens is 455 g/mol. The summed E-state index contributed by atoms with van der Waals surface area (Å²) < 4.78 is 27.8. The molecule has 150 valence electrons. The molecule has 0 unspecified atom stereocenters. The van der Waals surface area contributed by atoms with Gasteiger partial charge in [-0.15, -0.1) is 0 Å². The lowest BCUT2D eigenvalue weighted by Gasteiger charge is -2.13. The minimum Gasteiger partial charge on any atom is -0.322 e. The van der Waals surface area contributed by atoms with Gasteiger partial charge in [0.2, 0.25) is 0 Å². The summed E-state index contributed by atoms with van der Waals surface area (Å²) in [6, 6.07) is 15.3. The van der Waals surface area contributed by atoms with Crippen molar-refractivity contribution in [1.29, 1.82) is 0 Å². The van der Waals surface area contributed by atoms with Crippen molar-refractivity contribution in [2.24, 2.45) is 0 Å². The zero-order valence-corrected chi connectivity index (χ0v) is 18.1. The van der Waals surface area contributed by atoms with E-state index in [1.54, 1.807) is 37.3 Å². The molecule has 0 aliphatic carbocycles. The van der Waals surface area contributed by atoms with Gasteiger partial charge in [-0.25, -0.2) is 8.42 Å². The van der Waals surface area contributed by atoms with E-state index in [0.29, 0.717) is 26.9 Å². The first-order valence-electron chi connectivity index (χ1n) is 8.31. The maximum absolute atomic E-state index is 12.7. The Kier molecular flexibility index (Phi) is 6.39. The van der Waals surface area contributed by atoms with Crippen LogP contribution in [0.2, 0.25) is 15.1 Å². The minimum absolute atomic E-state index is 0.0236.